The van der Waals surface area contributed by atoms with Crippen molar-refractivity contribution < 1.29 is 14.3 Å². The maximum absolute atomic E-state index is 11.2. The molecular formula is C9H16NO3S. The van der Waals surface area contributed by atoms with Gasteiger partial charge in [-0.05, 0) is 20.8 Å². The standard InChI is InChI=1S/C9H16NO3S/c1-6(11)7(5-14)10-8(12)13-9(2,3)4/h7,14H,1,5H2,2-4H3,(H,10,12)/t7-/m1/s1. The van der Waals surface area contributed by atoms with Crippen LogP contribution in [0.15, 0.2) is 0 Å². The zero-order valence-corrected chi connectivity index (χ0v) is 9.56. The summed E-state index contributed by atoms with van der Waals surface area (Å²) < 4.78 is 4.96. The summed E-state index contributed by atoms with van der Waals surface area (Å²) in [5, 5.41) is 2.37. The molecule has 0 aliphatic heterocycles. The van der Waals surface area contributed by atoms with E-state index in [-0.39, 0.29) is 11.5 Å². The van der Waals surface area contributed by atoms with Crippen LogP contribution in [0.25, 0.3) is 0 Å². The fraction of sp³-hybridized carbons (Fsp3) is 0.667. The molecular weight excluding hydrogens is 202 g/mol. The first-order valence-corrected chi connectivity index (χ1v) is 4.85. The second kappa shape index (κ2) is 5.24. The molecule has 0 fully saturated rings. The number of nitrogens with one attached hydrogen (secondary N) is 1. The Bertz CT molecular complexity index is 223. The summed E-state index contributed by atoms with van der Waals surface area (Å²) in [6, 6.07) is -0.687. The molecule has 0 aliphatic carbocycles. The van der Waals surface area contributed by atoms with Crippen molar-refractivity contribution in [3.8, 4) is 0 Å². The van der Waals surface area contributed by atoms with Crippen molar-refractivity contribution in [2.75, 3.05) is 5.75 Å². The molecule has 0 saturated heterocycles. The maximum atomic E-state index is 11.2. The molecule has 5 heteroatoms. The lowest BCUT2D eigenvalue weighted by Gasteiger charge is -2.21. The number of ether oxygens (including phenoxy) is 1. The summed E-state index contributed by atoms with van der Waals surface area (Å²) >= 11 is 3.91. The largest absolute Gasteiger partial charge is 0.444 e. The Morgan fingerprint density at radius 1 is 1.50 bits per heavy atom. The third-order valence-corrected chi connectivity index (χ3v) is 1.63. The zero-order chi connectivity index (χ0) is 11.4. The molecule has 0 spiro atoms. The van der Waals surface area contributed by atoms with E-state index in [9.17, 15) is 9.59 Å². The third kappa shape index (κ3) is 5.85. The second-order valence-corrected chi connectivity index (χ2v) is 4.21. The van der Waals surface area contributed by atoms with E-state index < -0.39 is 17.7 Å². The highest BCUT2D eigenvalue weighted by Gasteiger charge is 2.20. The van der Waals surface area contributed by atoms with Crippen molar-refractivity contribution in [1.82, 2.24) is 5.32 Å². The molecule has 0 bridgehead atoms. The van der Waals surface area contributed by atoms with Gasteiger partial charge in [-0.15, -0.1) is 0 Å². The molecule has 0 aromatic carbocycles. The summed E-state index contributed by atoms with van der Waals surface area (Å²) in [7, 11) is 0. The van der Waals surface area contributed by atoms with Crippen LogP contribution in [0.4, 0.5) is 4.79 Å². The Hall–Kier alpha value is -0.710. The average Bonchev–Trinajstić information content (AvgIpc) is 1.96. The minimum absolute atomic E-state index is 0.210. The van der Waals surface area contributed by atoms with Crippen LogP contribution in [0.3, 0.4) is 0 Å². The van der Waals surface area contributed by atoms with Crippen molar-refractivity contribution in [3.05, 3.63) is 6.92 Å². The highest BCUT2D eigenvalue weighted by atomic mass is 32.1. The van der Waals surface area contributed by atoms with Crippen molar-refractivity contribution in [3.63, 3.8) is 0 Å². The van der Waals surface area contributed by atoms with Gasteiger partial charge in [0.1, 0.15) is 5.60 Å². The molecule has 0 unspecified atom stereocenters. The number of amides is 1. The van der Waals surface area contributed by atoms with Crippen molar-refractivity contribution in [1.29, 1.82) is 0 Å². The minimum Gasteiger partial charge on any atom is -0.444 e. The zero-order valence-electron chi connectivity index (χ0n) is 8.66. The van der Waals surface area contributed by atoms with Crippen LogP contribution in [0, 0.1) is 6.92 Å². The van der Waals surface area contributed by atoms with Crippen LogP contribution in [-0.2, 0) is 9.53 Å². The van der Waals surface area contributed by atoms with E-state index in [1.165, 1.54) is 0 Å². The van der Waals surface area contributed by atoms with E-state index in [1.807, 2.05) is 0 Å². The Morgan fingerprint density at radius 3 is 2.29 bits per heavy atom. The Kier molecular flexibility index (Phi) is 4.97. The molecule has 1 radical (unpaired) electrons. The molecule has 81 valence electrons. The summed E-state index contributed by atoms with van der Waals surface area (Å²) in [5.41, 5.74) is -0.574. The Labute approximate surface area is 89.8 Å². The van der Waals surface area contributed by atoms with Gasteiger partial charge in [0.15, 0.2) is 5.78 Å². The number of rotatable bonds is 3. The van der Waals surface area contributed by atoms with Crippen LogP contribution in [0.5, 0.6) is 0 Å². The van der Waals surface area contributed by atoms with Gasteiger partial charge in [0, 0.05) is 12.7 Å². The van der Waals surface area contributed by atoms with Crippen LogP contribution in [0.2, 0.25) is 0 Å². The number of ketones is 1. The number of hydrogen-bond donors (Lipinski definition) is 2. The molecule has 0 saturated carbocycles. The number of carbonyl (C=O) groups excluding carboxylic acids is 2. The van der Waals surface area contributed by atoms with Gasteiger partial charge in [-0.2, -0.15) is 12.6 Å². The van der Waals surface area contributed by atoms with E-state index >= 15 is 0 Å². The molecule has 1 atom stereocenters. The Balaban J connectivity index is 4.11. The van der Waals surface area contributed by atoms with Gasteiger partial charge >= 0.3 is 6.09 Å². The van der Waals surface area contributed by atoms with Crippen LogP contribution in [0.1, 0.15) is 20.8 Å². The summed E-state index contributed by atoms with van der Waals surface area (Å²) in [4.78, 5) is 22.0. The number of hydrogen-bond acceptors (Lipinski definition) is 4. The fourth-order valence-corrected chi connectivity index (χ4v) is 0.973. The van der Waals surface area contributed by atoms with E-state index in [4.69, 9.17) is 4.74 Å². The molecule has 0 aromatic heterocycles. The normalized spacial score (nSPS) is 13.2. The van der Waals surface area contributed by atoms with Gasteiger partial charge in [-0.1, -0.05) is 0 Å². The lowest BCUT2D eigenvalue weighted by Crippen LogP contribution is -2.43. The molecule has 0 aliphatic rings. The van der Waals surface area contributed by atoms with Crippen LogP contribution >= 0.6 is 12.6 Å². The number of Topliss-reactive ketones (excluding diaryl/α,β-unsaturated/α-hetero) is 1. The van der Waals surface area contributed by atoms with Gasteiger partial charge in [0.2, 0.25) is 0 Å². The van der Waals surface area contributed by atoms with E-state index in [0.29, 0.717) is 0 Å². The smallest absolute Gasteiger partial charge is 0.408 e. The van der Waals surface area contributed by atoms with Crippen LogP contribution in [-0.4, -0.2) is 29.3 Å². The SMILES string of the molecule is [CH2]C(=O)[C@@H](CS)NC(=O)OC(C)(C)C. The highest BCUT2D eigenvalue weighted by molar-refractivity contribution is 7.80. The number of carbonyl (C=O) groups is 2. The second-order valence-electron chi connectivity index (χ2n) is 3.85. The van der Waals surface area contributed by atoms with Crippen molar-refractivity contribution in [2.45, 2.75) is 32.4 Å². The van der Waals surface area contributed by atoms with Crippen molar-refractivity contribution in [2.24, 2.45) is 0 Å². The third-order valence-electron chi connectivity index (χ3n) is 1.26. The molecule has 14 heavy (non-hydrogen) atoms. The minimum atomic E-state index is -0.687. The first kappa shape index (κ1) is 13.3. The number of thiol groups is 1. The first-order chi connectivity index (χ1) is 6.26. The molecule has 4 nitrogen and oxygen atoms in total. The summed E-state index contributed by atoms with van der Waals surface area (Å²) in [6.07, 6.45) is -0.631. The average molecular weight is 218 g/mol. The van der Waals surface area contributed by atoms with Gasteiger partial charge < -0.3 is 10.1 Å². The lowest BCUT2D eigenvalue weighted by molar-refractivity contribution is -0.116. The van der Waals surface area contributed by atoms with Gasteiger partial charge in [-0.3, -0.25) is 4.79 Å². The van der Waals surface area contributed by atoms with Crippen LogP contribution < -0.4 is 5.32 Å². The topological polar surface area (TPSA) is 55.4 Å². The van der Waals surface area contributed by atoms with Gasteiger partial charge in [-0.25, -0.2) is 4.79 Å². The molecule has 1 N–H and O–H groups in total. The van der Waals surface area contributed by atoms with Gasteiger partial charge in [0.05, 0.1) is 6.04 Å². The number of alkyl carbamates (subject to hydrolysis) is 1. The summed E-state index contributed by atoms with van der Waals surface area (Å²) in [5.74, 6) is -0.174. The van der Waals surface area contributed by atoms with E-state index in [1.54, 1.807) is 20.8 Å². The monoisotopic (exact) mass is 218 g/mol. The van der Waals surface area contributed by atoms with E-state index in [2.05, 4.69) is 24.9 Å². The lowest BCUT2D eigenvalue weighted by atomic mass is 10.2. The quantitative estimate of drug-likeness (QED) is 0.700. The fourth-order valence-electron chi connectivity index (χ4n) is 0.678. The molecule has 0 aromatic rings. The van der Waals surface area contributed by atoms with Gasteiger partial charge in [0.25, 0.3) is 0 Å². The predicted octanol–water partition coefficient (Wildman–Crippen LogP) is 1.21. The first-order valence-electron chi connectivity index (χ1n) is 4.22. The predicted molar refractivity (Wildman–Crippen MR) is 57.4 cm³/mol. The summed E-state index contributed by atoms with van der Waals surface area (Å²) in [6.45, 7) is 8.43. The molecule has 0 rings (SSSR count). The molecule has 0 heterocycles. The highest BCUT2D eigenvalue weighted by Crippen LogP contribution is 2.06. The Morgan fingerprint density at radius 2 is 2.00 bits per heavy atom. The molecule has 1 amide bonds. The maximum Gasteiger partial charge on any atom is 0.408 e. The van der Waals surface area contributed by atoms with Crippen molar-refractivity contribution >= 4 is 24.5 Å². The van der Waals surface area contributed by atoms with E-state index in [0.717, 1.165) is 0 Å².